The van der Waals surface area contributed by atoms with Crippen LogP contribution in [-0.2, 0) is 0 Å². The van der Waals surface area contributed by atoms with Gasteiger partial charge in [-0.15, -0.1) is 0 Å². The Bertz CT molecular complexity index is 534. The molecule has 2 N–H and O–H groups in total. The van der Waals surface area contributed by atoms with Crippen LogP contribution in [0.3, 0.4) is 0 Å². The van der Waals surface area contributed by atoms with Crippen LogP contribution in [0, 0.1) is 5.92 Å². The zero-order chi connectivity index (χ0) is 14.8. The first-order chi connectivity index (χ1) is 10.1. The average molecular weight is 288 g/mol. The number of hydrogen-bond donors (Lipinski definition) is 2. The summed E-state index contributed by atoms with van der Waals surface area (Å²) in [4.78, 5) is 29.8. The van der Waals surface area contributed by atoms with Crippen molar-refractivity contribution in [1.29, 1.82) is 0 Å². The lowest BCUT2D eigenvalue weighted by atomic mass is 10.2. The van der Waals surface area contributed by atoms with Crippen LogP contribution in [0.15, 0.2) is 24.5 Å². The second-order valence-corrected chi connectivity index (χ2v) is 5.92. The topological polar surface area (TPSA) is 74.3 Å². The highest BCUT2D eigenvalue weighted by atomic mass is 16.2. The monoisotopic (exact) mass is 288 g/mol. The lowest BCUT2D eigenvalue weighted by Crippen LogP contribution is -2.44. The minimum absolute atomic E-state index is 0.0244. The number of amides is 3. The smallest absolute Gasteiger partial charge is 0.315 e. The lowest BCUT2D eigenvalue weighted by molar-refractivity contribution is 0.0789. The standard InChI is InChI=1S/C15H20N4O2/c1-10-7-13(10)18-15(21)17-12-4-6-19(9-12)14(20)11-3-2-5-16-8-11/h2-3,5,8,10,12-13H,4,6-7,9H2,1H3,(H2,17,18,21)/t10-,12-,13+/m1/s1. The van der Waals surface area contributed by atoms with Crippen LogP contribution in [-0.4, -0.2) is 47.0 Å². The minimum atomic E-state index is -0.120. The Labute approximate surface area is 123 Å². The van der Waals surface area contributed by atoms with Crippen molar-refractivity contribution in [2.24, 2.45) is 5.92 Å². The van der Waals surface area contributed by atoms with E-state index in [1.807, 2.05) is 0 Å². The maximum atomic E-state index is 12.3. The third-order valence-corrected chi connectivity index (χ3v) is 4.15. The molecule has 3 rings (SSSR count). The molecule has 3 amide bonds. The molecule has 2 aliphatic rings. The summed E-state index contributed by atoms with van der Waals surface area (Å²) in [5.74, 6) is 0.562. The van der Waals surface area contributed by atoms with E-state index in [1.54, 1.807) is 29.4 Å². The second-order valence-electron chi connectivity index (χ2n) is 5.92. The van der Waals surface area contributed by atoms with Crippen molar-refractivity contribution in [3.8, 4) is 0 Å². The number of hydrogen-bond acceptors (Lipinski definition) is 3. The van der Waals surface area contributed by atoms with Gasteiger partial charge >= 0.3 is 6.03 Å². The number of pyridine rings is 1. The fourth-order valence-electron chi connectivity index (χ4n) is 2.65. The molecule has 1 saturated carbocycles. The second kappa shape index (κ2) is 5.71. The summed E-state index contributed by atoms with van der Waals surface area (Å²) in [6.07, 6.45) is 5.07. The highest BCUT2D eigenvalue weighted by Gasteiger charge is 2.35. The molecule has 1 aromatic heterocycles. The molecule has 21 heavy (non-hydrogen) atoms. The van der Waals surface area contributed by atoms with E-state index in [2.05, 4.69) is 22.5 Å². The predicted molar refractivity (Wildman–Crippen MR) is 77.8 cm³/mol. The molecule has 2 heterocycles. The summed E-state index contributed by atoms with van der Waals surface area (Å²) in [7, 11) is 0. The highest BCUT2D eigenvalue weighted by molar-refractivity contribution is 5.94. The van der Waals surface area contributed by atoms with Gasteiger partial charge in [-0.3, -0.25) is 9.78 Å². The Balaban J connectivity index is 1.49. The van der Waals surface area contributed by atoms with Crippen LogP contribution < -0.4 is 10.6 Å². The number of urea groups is 1. The van der Waals surface area contributed by atoms with Gasteiger partial charge < -0.3 is 15.5 Å². The summed E-state index contributed by atoms with van der Waals surface area (Å²) < 4.78 is 0. The van der Waals surface area contributed by atoms with Crippen molar-refractivity contribution in [1.82, 2.24) is 20.5 Å². The number of rotatable bonds is 3. The fraction of sp³-hybridized carbons (Fsp3) is 0.533. The van der Waals surface area contributed by atoms with Gasteiger partial charge in [-0.25, -0.2) is 4.79 Å². The maximum Gasteiger partial charge on any atom is 0.315 e. The molecule has 3 atom stereocenters. The van der Waals surface area contributed by atoms with E-state index in [9.17, 15) is 9.59 Å². The molecule has 1 aromatic rings. The van der Waals surface area contributed by atoms with Crippen LogP contribution in [0.25, 0.3) is 0 Å². The first kappa shape index (κ1) is 13.9. The summed E-state index contributed by atoms with van der Waals surface area (Å²) >= 11 is 0. The molecule has 2 fully saturated rings. The van der Waals surface area contributed by atoms with Crippen molar-refractivity contribution >= 4 is 11.9 Å². The SMILES string of the molecule is C[C@@H]1C[C@@H]1NC(=O)N[C@@H]1CCN(C(=O)c2cccnc2)C1. The summed E-state index contributed by atoms with van der Waals surface area (Å²) in [6, 6.07) is 3.74. The summed E-state index contributed by atoms with van der Waals surface area (Å²) in [5, 5.41) is 5.89. The van der Waals surface area contributed by atoms with E-state index in [0.717, 1.165) is 12.8 Å². The number of nitrogens with zero attached hydrogens (tertiary/aromatic N) is 2. The number of likely N-dealkylation sites (tertiary alicyclic amines) is 1. The lowest BCUT2D eigenvalue weighted by Gasteiger charge is -2.17. The van der Waals surface area contributed by atoms with E-state index in [1.165, 1.54) is 0 Å². The molecule has 1 aliphatic heterocycles. The van der Waals surface area contributed by atoms with Gasteiger partial charge in [0.1, 0.15) is 0 Å². The van der Waals surface area contributed by atoms with Gasteiger partial charge in [0, 0.05) is 37.6 Å². The van der Waals surface area contributed by atoms with Gasteiger partial charge in [-0.2, -0.15) is 0 Å². The van der Waals surface area contributed by atoms with Crippen LogP contribution in [0.4, 0.5) is 4.79 Å². The first-order valence-electron chi connectivity index (χ1n) is 7.40. The Kier molecular flexibility index (Phi) is 3.77. The summed E-state index contributed by atoms with van der Waals surface area (Å²) in [6.45, 7) is 3.34. The number of carbonyl (C=O) groups is 2. The predicted octanol–water partition coefficient (Wildman–Crippen LogP) is 1.00. The van der Waals surface area contributed by atoms with Gasteiger partial charge in [0.2, 0.25) is 0 Å². The Morgan fingerprint density at radius 3 is 2.86 bits per heavy atom. The number of aromatic nitrogens is 1. The Hall–Kier alpha value is -2.11. The molecular formula is C15H20N4O2. The van der Waals surface area contributed by atoms with Crippen LogP contribution in [0.1, 0.15) is 30.1 Å². The van der Waals surface area contributed by atoms with E-state index in [4.69, 9.17) is 0 Å². The van der Waals surface area contributed by atoms with Gasteiger partial charge in [-0.1, -0.05) is 6.92 Å². The third kappa shape index (κ3) is 3.32. The molecule has 6 heteroatoms. The molecule has 0 bridgehead atoms. The number of nitrogens with one attached hydrogen (secondary N) is 2. The van der Waals surface area contributed by atoms with E-state index < -0.39 is 0 Å². The molecule has 1 aliphatic carbocycles. The number of carbonyl (C=O) groups excluding carboxylic acids is 2. The van der Waals surface area contributed by atoms with Crippen LogP contribution >= 0.6 is 0 Å². The molecule has 6 nitrogen and oxygen atoms in total. The Morgan fingerprint density at radius 1 is 1.38 bits per heavy atom. The van der Waals surface area contributed by atoms with E-state index in [0.29, 0.717) is 30.6 Å². The first-order valence-corrected chi connectivity index (χ1v) is 7.40. The van der Waals surface area contributed by atoms with Crippen molar-refractivity contribution in [2.75, 3.05) is 13.1 Å². The van der Waals surface area contributed by atoms with Gasteiger partial charge in [0.05, 0.1) is 5.56 Å². The highest BCUT2D eigenvalue weighted by Crippen LogP contribution is 2.28. The Morgan fingerprint density at radius 2 is 2.19 bits per heavy atom. The zero-order valence-electron chi connectivity index (χ0n) is 12.1. The molecule has 112 valence electrons. The minimum Gasteiger partial charge on any atom is -0.336 e. The van der Waals surface area contributed by atoms with Crippen LogP contribution in [0.5, 0.6) is 0 Å². The average Bonchev–Trinajstić information content (AvgIpc) is 2.99. The van der Waals surface area contributed by atoms with E-state index in [-0.39, 0.29) is 18.0 Å². The molecular weight excluding hydrogens is 268 g/mol. The molecule has 0 spiro atoms. The molecule has 1 saturated heterocycles. The fourth-order valence-corrected chi connectivity index (χ4v) is 2.65. The maximum absolute atomic E-state index is 12.3. The zero-order valence-corrected chi connectivity index (χ0v) is 12.1. The molecule has 0 aromatic carbocycles. The van der Waals surface area contributed by atoms with Crippen molar-refractivity contribution in [2.45, 2.75) is 31.8 Å². The largest absolute Gasteiger partial charge is 0.336 e. The normalized spacial score (nSPS) is 27.3. The van der Waals surface area contributed by atoms with E-state index >= 15 is 0 Å². The van der Waals surface area contributed by atoms with Gasteiger partial charge in [-0.05, 0) is 30.9 Å². The molecule has 0 radical (unpaired) electrons. The van der Waals surface area contributed by atoms with Crippen molar-refractivity contribution in [3.05, 3.63) is 30.1 Å². The van der Waals surface area contributed by atoms with Gasteiger partial charge in [0.25, 0.3) is 5.91 Å². The van der Waals surface area contributed by atoms with Crippen molar-refractivity contribution in [3.63, 3.8) is 0 Å². The van der Waals surface area contributed by atoms with Gasteiger partial charge in [0.15, 0.2) is 0 Å². The van der Waals surface area contributed by atoms with Crippen LogP contribution in [0.2, 0.25) is 0 Å². The third-order valence-electron chi connectivity index (χ3n) is 4.15. The quantitative estimate of drug-likeness (QED) is 0.871. The summed E-state index contributed by atoms with van der Waals surface area (Å²) in [5.41, 5.74) is 0.592. The van der Waals surface area contributed by atoms with Crippen molar-refractivity contribution < 1.29 is 9.59 Å². The molecule has 0 unspecified atom stereocenters.